The van der Waals surface area contributed by atoms with Gasteiger partial charge in [0.05, 0.1) is 24.4 Å². The van der Waals surface area contributed by atoms with Crippen LogP contribution in [-0.4, -0.2) is 19.5 Å². The van der Waals surface area contributed by atoms with Crippen molar-refractivity contribution < 1.29 is 22.6 Å². The summed E-state index contributed by atoms with van der Waals surface area (Å²) in [6.07, 6.45) is 0. The van der Waals surface area contributed by atoms with E-state index in [0.717, 1.165) is 11.1 Å². The number of benzene rings is 1. The van der Waals surface area contributed by atoms with E-state index in [0.29, 0.717) is 6.61 Å². The highest BCUT2D eigenvalue weighted by Gasteiger charge is 2.38. The Morgan fingerprint density at radius 3 is 1.59 bits per heavy atom. The molecule has 0 heterocycles. The van der Waals surface area contributed by atoms with Gasteiger partial charge >= 0.3 is 7.82 Å². The van der Waals surface area contributed by atoms with E-state index >= 15 is 0 Å². The first kappa shape index (κ1) is 26.5. The van der Waals surface area contributed by atoms with Crippen LogP contribution in [-0.2, 0) is 35.8 Å². The molecule has 0 bridgehead atoms. The molecule has 7 heteroatoms. The molecule has 0 aliphatic heterocycles. The highest BCUT2D eigenvalue weighted by Crippen LogP contribution is 2.56. The summed E-state index contributed by atoms with van der Waals surface area (Å²) in [6.45, 7) is 22.7. The molecule has 1 aromatic carbocycles. The first-order valence-corrected chi connectivity index (χ1v) is 14.6. The van der Waals surface area contributed by atoms with Crippen LogP contribution in [0.1, 0.15) is 73.4 Å². The van der Waals surface area contributed by atoms with Crippen LogP contribution >= 0.6 is 7.82 Å². The molecule has 0 amide bonds. The van der Waals surface area contributed by atoms with Gasteiger partial charge in [-0.25, -0.2) is 4.57 Å². The zero-order valence-electron chi connectivity index (χ0n) is 20.2. The highest BCUT2D eigenvalue weighted by atomic mass is 31.2. The van der Waals surface area contributed by atoms with Crippen molar-refractivity contribution in [2.24, 2.45) is 0 Å². The Bertz CT molecular complexity index is 691. The summed E-state index contributed by atoms with van der Waals surface area (Å²) in [5.41, 5.74) is 0.620. The fourth-order valence-corrected chi connectivity index (χ4v) is 4.94. The molecular formula is C22H41O5PSi. The Balaban J connectivity index is 2.98. The molecular weight excluding hydrogens is 403 g/mol. The lowest BCUT2D eigenvalue weighted by atomic mass is 10.1. The molecule has 0 N–H and O–H groups in total. The van der Waals surface area contributed by atoms with Gasteiger partial charge in [0, 0.05) is 0 Å². The van der Waals surface area contributed by atoms with Crippen LogP contribution in [0.2, 0.25) is 18.1 Å². The summed E-state index contributed by atoms with van der Waals surface area (Å²) in [6, 6.07) is 7.90. The second kappa shape index (κ2) is 9.33. The van der Waals surface area contributed by atoms with Crippen molar-refractivity contribution in [3.63, 3.8) is 0 Å². The second-order valence-corrected chi connectivity index (χ2v) is 17.3. The van der Waals surface area contributed by atoms with E-state index in [1.807, 2.05) is 65.8 Å². The quantitative estimate of drug-likeness (QED) is 0.307. The van der Waals surface area contributed by atoms with Crippen LogP contribution in [0.4, 0.5) is 0 Å². The Kier molecular flexibility index (Phi) is 8.54. The Hall–Kier alpha value is -0.493. The molecule has 1 rings (SSSR count). The molecule has 5 nitrogen and oxygen atoms in total. The fourth-order valence-electron chi connectivity index (χ4n) is 2.20. The summed E-state index contributed by atoms with van der Waals surface area (Å²) >= 11 is 0. The lowest BCUT2D eigenvalue weighted by molar-refractivity contribution is 0.000710. The van der Waals surface area contributed by atoms with Crippen LogP contribution in [0.5, 0.6) is 0 Å². The number of hydrogen-bond donors (Lipinski definition) is 0. The predicted octanol–water partition coefficient (Wildman–Crippen LogP) is 7.46. The SMILES string of the molecule is CC(C)(C)OP(=O)(OCc1ccccc1CO[Si](C)(C)C(C)(C)C)OC(C)(C)C. The van der Waals surface area contributed by atoms with E-state index in [9.17, 15) is 4.57 Å². The minimum atomic E-state index is -3.76. The van der Waals surface area contributed by atoms with Gasteiger partial charge in [0.1, 0.15) is 0 Å². The number of phosphoric ester groups is 1. The number of hydrogen-bond acceptors (Lipinski definition) is 5. The van der Waals surface area contributed by atoms with E-state index < -0.39 is 27.3 Å². The average molecular weight is 445 g/mol. The van der Waals surface area contributed by atoms with E-state index in [1.165, 1.54) is 0 Å². The third-order valence-electron chi connectivity index (χ3n) is 4.66. The monoisotopic (exact) mass is 444 g/mol. The summed E-state index contributed by atoms with van der Waals surface area (Å²) in [4.78, 5) is 0. The molecule has 29 heavy (non-hydrogen) atoms. The lowest BCUT2D eigenvalue weighted by Crippen LogP contribution is -2.40. The normalized spacial score (nSPS) is 14.3. The highest BCUT2D eigenvalue weighted by molar-refractivity contribution is 7.48. The molecule has 0 atom stereocenters. The van der Waals surface area contributed by atoms with Crippen LogP contribution in [0.25, 0.3) is 0 Å². The van der Waals surface area contributed by atoms with Gasteiger partial charge in [0.25, 0.3) is 0 Å². The minimum Gasteiger partial charge on any atom is -0.413 e. The van der Waals surface area contributed by atoms with Crippen molar-refractivity contribution in [1.82, 2.24) is 0 Å². The fraction of sp³-hybridized carbons (Fsp3) is 0.727. The Morgan fingerprint density at radius 2 is 1.21 bits per heavy atom. The van der Waals surface area contributed by atoms with Crippen LogP contribution in [0, 0.1) is 0 Å². The lowest BCUT2D eigenvalue weighted by Gasteiger charge is -2.36. The third-order valence-corrected chi connectivity index (χ3v) is 11.1. The van der Waals surface area contributed by atoms with Crippen molar-refractivity contribution in [2.45, 2.75) is 105 Å². The number of rotatable bonds is 8. The van der Waals surface area contributed by atoms with Crippen LogP contribution in [0.15, 0.2) is 24.3 Å². The van der Waals surface area contributed by atoms with Gasteiger partial charge in [0.15, 0.2) is 8.32 Å². The molecule has 0 radical (unpaired) electrons. The summed E-state index contributed by atoms with van der Waals surface area (Å²) in [5, 5.41) is 0.134. The second-order valence-electron chi connectivity index (χ2n) is 10.9. The molecule has 168 valence electrons. The van der Waals surface area contributed by atoms with Gasteiger partial charge < -0.3 is 4.43 Å². The summed E-state index contributed by atoms with van der Waals surface area (Å²) in [5.74, 6) is 0. The van der Waals surface area contributed by atoms with E-state index in [-0.39, 0.29) is 11.6 Å². The largest absolute Gasteiger partial charge is 0.476 e. The first-order valence-electron chi connectivity index (χ1n) is 10.2. The van der Waals surface area contributed by atoms with Crippen molar-refractivity contribution in [2.75, 3.05) is 0 Å². The van der Waals surface area contributed by atoms with Crippen molar-refractivity contribution >= 4 is 16.1 Å². The molecule has 0 aliphatic carbocycles. The van der Waals surface area contributed by atoms with Crippen molar-refractivity contribution in [1.29, 1.82) is 0 Å². The van der Waals surface area contributed by atoms with Gasteiger partial charge in [-0.15, -0.1) is 0 Å². The smallest absolute Gasteiger partial charge is 0.413 e. The molecule has 0 fully saturated rings. The summed E-state index contributed by atoms with van der Waals surface area (Å²) < 4.78 is 36.8. The Morgan fingerprint density at radius 1 is 0.793 bits per heavy atom. The third kappa shape index (κ3) is 9.45. The molecule has 0 aliphatic rings. The predicted molar refractivity (Wildman–Crippen MR) is 122 cm³/mol. The molecule has 0 spiro atoms. The van der Waals surface area contributed by atoms with Gasteiger partial charge in [-0.2, -0.15) is 0 Å². The molecule has 0 unspecified atom stereocenters. The van der Waals surface area contributed by atoms with E-state index in [4.69, 9.17) is 18.0 Å². The zero-order chi connectivity index (χ0) is 22.7. The maximum absolute atomic E-state index is 13.3. The minimum absolute atomic E-state index is 0.125. The van der Waals surface area contributed by atoms with Gasteiger partial charge in [-0.3, -0.25) is 13.6 Å². The molecule has 0 saturated carbocycles. The zero-order valence-corrected chi connectivity index (χ0v) is 22.1. The average Bonchev–Trinajstić information content (AvgIpc) is 2.47. The molecule has 0 saturated heterocycles. The maximum Gasteiger partial charge on any atom is 0.476 e. The van der Waals surface area contributed by atoms with Gasteiger partial charge in [0.2, 0.25) is 0 Å². The van der Waals surface area contributed by atoms with Crippen LogP contribution < -0.4 is 0 Å². The van der Waals surface area contributed by atoms with E-state index in [2.05, 4.69) is 33.9 Å². The van der Waals surface area contributed by atoms with E-state index in [1.54, 1.807) is 0 Å². The van der Waals surface area contributed by atoms with Gasteiger partial charge in [-0.1, -0.05) is 45.0 Å². The first-order chi connectivity index (χ1) is 12.8. The number of phosphoric acid groups is 1. The Labute approximate surface area is 179 Å². The summed E-state index contributed by atoms with van der Waals surface area (Å²) in [7, 11) is -5.64. The standard InChI is InChI=1S/C22H41O5PSi/c1-20(2,3)26-28(23,27-21(4,5)6)24-16-18-14-12-13-15-19(18)17-25-29(10,11)22(7,8)9/h12-15H,16-17H2,1-11H3. The molecule has 0 aromatic heterocycles. The van der Waals surface area contributed by atoms with Crippen molar-refractivity contribution in [3.8, 4) is 0 Å². The topological polar surface area (TPSA) is 54.0 Å². The van der Waals surface area contributed by atoms with Crippen LogP contribution in [0.3, 0.4) is 0 Å². The maximum atomic E-state index is 13.3. The van der Waals surface area contributed by atoms with Gasteiger partial charge in [-0.05, 0) is 70.8 Å². The van der Waals surface area contributed by atoms with Crippen molar-refractivity contribution in [3.05, 3.63) is 35.4 Å². The molecule has 1 aromatic rings.